The summed E-state index contributed by atoms with van der Waals surface area (Å²) in [4.78, 5) is 19.5. The van der Waals surface area contributed by atoms with Gasteiger partial charge in [0, 0.05) is 23.4 Å². The van der Waals surface area contributed by atoms with Gasteiger partial charge in [-0.15, -0.1) is 0 Å². The lowest BCUT2D eigenvalue weighted by molar-refractivity contribution is -0.136. The lowest BCUT2D eigenvalue weighted by Gasteiger charge is -2.31. The van der Waals surface area contributed by atoms with Crippen LogP contribution in [-0.4, -0.2) is 35.7 Å². The van der Waals surface area contributed by atoms with Crippen LogP contribution < -0.4 is 0 Å². The van der Waals surface area contributed by atoms with Gasteiger partial charge in [0.25, 0.3) is 0 Å². The van der Waals surface area contributed by atoms with Crippen LogP contribution in [0.3, 0.4) is 0 Å². The molecule has 1 aromatic heterocycles. The predicted molar refractivity (Wildman–Crippen MR) is 92.2 cm³/mol. The van der Waals surface area contributed by atoms with E-state index in [0.29, 0.717) is 11.3 Å². The molecule has 6 nitrogen and oxygen atoms in total. The van der Waals surface area contributed by atoms with Crippen molar-refractivity contribution in [2.75, 3.05) is 6.26 Å². The summed E-state index contributed by atoms with van der Waals surface area (Å²) >= 11 is 0. The van der Waals surface area contributed by atoms with Gasteiger partial charge in [0.15, 0.2) is 0 Å². The fraction of sp³-hybridized carbons (Fsp3) is 0.389. The van der Waals surface area contributed by atoms with Crippen LogP contribution in [0.2, 0.25) is 0 Å². The summed E-state index contributed by atoms with van der Waals surface area (Å²) in [6, 6.07) is 9.79. The van der Waals surface area contributed by atoms with Crippen molar-refractivity contribution in [2.24, 2.45) is 0 Å². The van der Waals surface area contributed by atoms with Crippen LogP contribution in [0.25, 0.3) is 0 Å². The molecule has 0 spiro atoms. The molecule has 7 heteroatoms. The molecule has 0 unspecified atom stereocenters. The zero-order valence-corrected chi connectivity index (χ0v) is 14.8. The summed E-state index contributed by atoms with van der Waals surface area (Å²) in [6.07, 6.45) is 5.78. The van der Waals surface area contributed by atoms with E-state index < -0.39 is 21.2 Å². The number of hydrogen-bond acceptors (Lipinski definition) is 5. The molecule has 1 aliphatic carbocycles. The Hall–Kier alpha value is -2.28. The summed E-state index contributed by atoms with van der Waals surface area (Å²) in [5.74, 6) is -0.988. The Morgan fingerprint density at radius 2 is 1.84 bits per heavy atom. The highest BCUT2D eigenvalue weighted by molar-refractivity contribution is 7.90. The number of sulfone groups is 1. The van der Waals surface area contributed by atoms with Gasteiger partial charge in [0.1, 0.15) is 0 Å². The maximum atomic E-state index is 11.9. The van der Waals surface area contributed by atoms with E-state index in [9.17, 15) is 18.3 Å². The minimum absolute atomic E-state index is 0.228. The topological polar surface area (TPSA) is 97.2 Å². The van der Waals surface area contributed by atoms with Gasteiger partial charge in [-0.2, -0.15) is 0 Å². The number of carbonyl (C=O) groups is 1. The largest absolute Gasteiger partial charge is 0.481 e. The Labute approximate surface area is 146 Å². The lowest BCUT2D eigenvalue weighted by atomic mass is 9.74. The zero-order chi connectivity index (χ0) is 18.1. The van der Waals surface area contributed by atoms with Crippen LogP contribution >= 0.6 is 0 Å². The molecule has 0 radical (unpaired) electrons. The van der Waals surface area contributed by atoms with E-state index in [2.05, 4.69) is 9.97 Å². The molecule has 0 aliphatic heterocycles. The van der Waals surface area contributed by atoms with Crippen molar-refractivity contribution in [2.45, 2.75) is 42.7 Å². The summed E-state index contributed by atoms with van der Waals surface area (Å²) in [7, 11) is -3.58. The number of benzene rings is 1. The van der Waals surface area contributed by atoms with Crippen molar-refractivity contribution in [1.29, 1.82) is 0 Å². The van der Waals surface area contributed by atoms with Crippen molar-refractivity contribution in [1.82, 2.24) is 9.97 Å². The first-order valence-corrected chi connectivity index (χ1v) is 10.1. The highest BCUT2D eigenvalue weighted by atomic mass is 32.2. The Morgan fingerprint density at radius 1 is 1.20 bits per heavy atom. The van der Waals surface area contributed by atoms with Gasteiger partial charge in [-0.1, -0.05) is 43.2 Å². The molecule has 0 amide bonds. The molecule has 1 heterocycles. The quantitative estimate of drug-likeness (QED) is 0.822. The third-order valence-corrected chi connectivity index (χ3v) is 5.61. The first-order chi connectivity index (χ1) is 11.8. The molecule has 3 rings (SSSR count). The van der Waals surface area contributed by atoms with Crippen molar-refractivity contribution < 1.29 is 18.3 Å². The maximum absolute atomic E-state index is 11.9. The van der Waals surface area contributed by atoms with E-state index in [1.54, 1.807) is 0 Å². The zero-order valence-electron chi connectivity index (χ0n) is 14.0. The molecule has 1 N–H and O–H groups in total. The van der Waals surface area contributed by atoms with Gasteiger partial charge in [-0.3, -0.25) is 4.79 Å². The van der Waals surface area contributed by atoms with E-state index >= 15 is 0 Å². The minimum atomic E-state index is -3.58. The van der Waals surface area contributed by atoms with Gasteiger partial charge in [0.05, 0.1) is 12.1 Å². The smallest absolute Gasteiger partial charge is 0.307 e. The highest BCUT2D eigenvalue weighted by Crippen LogP contribution is 2.46. The van der Waals surface area contributed by atoms with Gasteiger partial charge < -0.3 is 5.11 Å². The summed E-state index contributed by atoms with van der Waals surface area (Å²) in [5.41, 5.74) is 1.59. The van der Waals surface area contributed by atoms with Crippen LogP contribution in [0.4, 0.5) is 0 Å². The fourth-order valence-electron chi connectivity index (χ4n) is 3.67. The third kappa shape index (κ3) is 3.42. The van der Waals surface area contributed by atoms with Crippen LogP contribution in [0.15, 0.2) is 41.7 Å². The first kappa shape index (κ1) is 17.5. The number of aliphatic carboxylic acids is 1. The lowest BCUT2D eigenvalue weighted by Crippen LogP contribution is -2.29. The standard InChI is InChI=1S/C18H20N2O4S/c1-25(23,24)17-19-12-13(11-15(21)22)16(20-17)18(9-5-6-10-18)14-7-3-2-4-8-14/h2-4,7-8,12H,5-6,9-11H2,1H3,(H,21,22). The molecule has 0 bridgehead atoms. The van der Waals surface area contributed by atoms with E-state index in [0.717, 1.165) is 37.5 Å². The average Bonchev–Trinajstić information content (AvgIpc) is 3.05. The van der Waals surface area contributed by atoms with Crippen LogP contribution in [0.1, 0.15) is 42.5 Å². The molecular formula is C18H20N2O4S. The van der Waals surface area contributed by atoms with Crippen LogP contribution in [0, 0.1) is 0 Å². The molecule has 1 fully saturated rings. The molecule has 0 saturated heterocycles. The Morgan fingerprint density at radius 3 is 2.40 bits per heavy atom. The Bertz CT molecular complexity index is 889. The first-order valence-electron chi connectivity index (χ1n) is 8.17. The summed E-state index contributed by atoms with van der Waals surface area (Å²) < 4.78 is 23.9. The van der Waals surface area contributed by atoms with Gasteiger partial charge in [-0.25, -0.2) is 18.4 Å². The average molecular weight is 360 g/mol. The van der Waals surface area contributed by atoms with Gasteiger partial charge in [-0.05, 0) is 18.4 Å². The van der Waals surface area contributed by atoms with Gasteiger partial charge in [0.2, 0.25) is 15.0 Å². The van der Waals surface area contributed by atoms with Crippen molar-refractivity contribution in [3.05, 3.63) is 53.3 Å². The molecule has 1 saturated carbocycles. The maximum Gasteiger partial charge on any atom is 0.307 e. The molecule has 1 aliphatic rings. The van der Waals surface area contributed by atoms with Crippen molar-refractivity contribution in [3.8, 4) is 0 Å². The second-order valence-corrected chi connectivity index (χ2v) is 8.43. The predicted octanol–water partition coefficient (Wildman–Crippen LogP) is 2.37. The van der Waals surface area contributed by atoms with E-state index in [-0.39, 0.29) is 11.6 Å². The van der Waals surface area contributed by atoms with Crippen molar-refractivity contribution >= 4 is 15.8 Å². The number of aromatic nitrogens is 2. The SMILES string of the molecule is CS(=O)(=O)c1ncc(CC(=O)O)c(C2(c3ccccc3)CCCC2)n1. The number of rotatable bonds is 5. The number of carboxylic acids is 1. The highest BCUT2D eigenvalue weighted by Gasteiger charge is 2.41. The van der Waals surface area contributed by atoms with Crippen molar-refractivity contribution in [3.63, 3.8) is 0 Å². The number of carboxylic acid groups (broad SMARTS) is 1. The third-order valence-electron chi connectivity index (χ3n) is 4.75. The molecular weight excluding hydrogens is 340 g/mol. The van der Waals surface area contributed by atoms with Crippen LogP contribution in [0.5, 0.6) is 0 Å². The normalized spacial score (nSPS) is 16.7. The molecule has 1 aromatic carbocycles. The van der Waals surface area contributed by atoms with Crippen LogP contribution in [-0.2, 0) is 26.5 Å². The summed E-state index contributed by atoms with van der Waals surface area (Å²) in [6.45, 7) is 0. The fourth-order valence-corrected chi connectivity index (χ4v) is 4.18. The van der Waals surface area contributed by atoms with Gasteiger partial charge >= 0.3 is 5.97 Å². The summed E-state index contributed by atoms with van der Waals surface area (Å²) in [5, 5.41) is 8.99. The van der Waals surface area contributed by atoms with E-state index in [4.69, 9.17) is 0 Å². The molecule has 0 atom stereocenters. The molecule has 2 aromatic rings. The Balaban J connectivity index is 2.25. The second kappa shape index (κ2) is 6.55. The number of hydrogen-bond donors (Lipinski definition) is 1. The minimum Gasteiger partial charge on any atom is -0.481 e. The molecule has 25 heavy (non-hydrogen) atoms. The number of nitrogens with zero attached hydrogens (tertiary/aromatic N) is 2. The molecule has 132 valence electrons. The monoisotopic (exact) mass is 360 g/mol. The van der Waals surface area contributed by atoms with E-state index in [1.165, 1.54) is 6.20 Å². The van der Waals surface area contributed by atoms with E-state index in [1.807, 2.05) is 30.3 Å². The second-order valence-electron chi connectivity index (χ2n) is 6.52. The Kier molecular flexibility index (Phi) is 4.60.